The number of halogens is 1. The van der Waals surface area contributed by atoms with E-state index in [1.54, 1.807) is 19.1 Å². The van der Waals surface area contributed by atoms with Crippen LogP contribution in [0.3, 0.4) is 0 Å². The van der Waals surface area contributed by atoms with E-state index in [0.717, 1.165) is 0 Å². The van der Waals surface area contributed by atoms with Crippen molar-refractivity contribution in [2.45, 2.75) is 19.9 Å². The molecule has 19 heavy (non-hydrogen) atoms. The van der Waals surface area contributed by atoms with Crippen LogP contribution in [0.15, 0.2) is 18.2 Å². The summed E-state index contributed by atoms with van der Waals surface area (Å²) in [7, 11) is 0. The van der Waals surface area contributed by atoms with E-state index in [1.165, 1.54) is 24.3 Å². The molecule has 0 saturated carbocycles. The lowest BCUT2D eigenvalue weighted by atomic mass is 10.1. The van der Waals surface area contributed by atoms with Crippen molar-refractivity contribution >= 4 is 33.2 Å². The maximum absolute atomic E-state index is 13.7. The molecule has 1 aromatic heterocycles. The number of carbonyl (C=O) groups excluding carboxylic acids is 2. The summed E-state index contributed by atoms with van der Waals surface area (Å²) in [4.78, 5) is 23.4. The van der Waals surface area contributed by atoms with Crippen LogP contribution >= 0.6 is 11.3 Å². The third-order valence-electron chi connectivity index (χ3n) is 2.88. The molecule has 0 aliphatic heterocycles. The van der Waals surface area contributed by atoms with Crippen molar-refractivity contribution in [2.75, 3.05) is 0 Å². The van der Waals surface area contributed by atoms with Crippen molar-refractivity contribution < 1.29 is 14.0 Å². The third kappa shape index (κ3) is 2.44. The van der Waals surface area contributed by atoms with Crippen molar-refractivity contribution in [3.8, 4) is 0 Å². The third-order valence-corrected chi connectivity index (χ3v) is 4.14. The summed E-state index contributed by atoms with van der Waals surface area (Å²) in [6.07, 6.45) is 0. The number of nitrogens with two attached hydrogens (primary N) is 1. The number of aryl methyl sites for hydroxylation is 1. The van der Waals surface area contributed by atoms with E-state index in [-0.39, 0.29) is 5.82 Å². The fourth-order valence-electron chi connectivity index (χ4n) is 1.80. The van der Waals surface area contributed by atoms with Gasteiger partial charge in [0.1, 0.15) is 11.9 Å². The van der Waals surface area contributed by atoms with Crippen LogP contribution in [0, 0.1) is 12.7 Å². The molecule has 0 fully saturated rings. The first kappa shape index (κ1) is 13.5. The number of fused-ring (bicyclic) bond motifs is 1. The average molecular weight is 280 g/mol. The van der Waals surface area contributed by atoms with Gasteiger partial charge in [0, 0.05) is 10.1 Å². The number of primary amides is 1. The number of benzene rings is 1. The van der Waals surface area contributed by atoms with Crippen LogP contribution in [0.1, 0.15) is 22.2 Å². The second-order valence-corrected chi connectivity index (χ2v) is 5.32. The van der Waals surface area contributed by atoms with E-state index >= 15 is 0 Å². The van der Waals surface area contributed by atoms with Crippen LogP contribution in [-0.4, -0.2) is 17.9 Å². The Labute approximate surface area is 113 Å². The Morgan fingerprint density at radius 2 is 2.11 bits per heavy atom. The Hall–Kier alpha value is -1.95. The second kappa shape index (κ2) is 4.97. The molecule has 0 aliphatic rings. The molecule has 1 aromatic carbocycles. The van der Waals surface area contributed by atoms with Gasteiger partial charge in [-0.25, -0.2) is 4.39 Å². The first-order chi connectivity index (χ1) is 8.91. The van der Waals surface area contributed by atoms with Crippen molar-refractivity contribution in [1.29, 1.82) is 0 Å². The zero-order valence-electron chi connectivity index (χ0n) is 10.5. The van der Waals surface area contributed by atoms with Crippen molar-refractivity contribution in [3.63, 3.8) is 0 Å². The second-order valence-electron chi connectivity index (χ2n) is 4.27. The molecule has 0 spiro atoms. The van der Waals surface area contributed by atoms with Crippen molar-refractivity contribution in [1.82, 2.24) is 5.32 Å². The van der Waals surface area contributed by atoms with Gasteiger partial charge in [0.05, 0.1) is 4.88 Å². The fourth-order valence-corrected chi connectivity index (χ4v) is 2.93. The van der Waals surface area contributed by atoms with Crippen LogP contribution < -0.4 is 11.1 Å². The Kier molecular flexibility index (Phi) is 3.53. The van der Waals surface area contributed by atoms with E-state index in [4.69, 9.17) is 5.73 Å². The molecule has 6 heteroatoms. The SMILES string of the molecule is Cc1c(C(=O)N[C@H](C)C(N)=O)sc2cccc(F)c12. The normalized spacial score (nSPS) is 12.4. The molecular weight excluding hydrogens is 267 g/mol. The van der Waals surface area contributed by atoms with Gasteiger partial charge in [-0.1, -0.05) is 6.07 Å². The summed E-state index contributed by atoms with van der Waals surface area (Å²) in [5.74, 6) is -1.38. The lowest BCUT2D eigenvalue weighted by Gasteiger charge is -2.09. The van der Waals surface area contributed by atoms with Crippen LogP contribution in [-0.2, 0) is 4.79 Å². The number of thiophene rings is 1. The quantitative estimate of drug-likeness (QED) is 0.902. The van der Waals surface area contributed by atoms with E-state index in [2.05, 4.69) is 5.32 Å². The Bertz CT molecular complexity index is 666. The highest BCUT2D eigenvalue weighted by Crippen LogP contribution is 2.32. The van der Waals surface area contributed by atoms with Gasteiger partial charge in [-0.3, -0.25) is 9.59 Å². The topological polar surface area (TPSA) is 72.2 Å². The standard InChI is InChI=1S/C13H13FN2O2S/c1-6-10-8(14)4-3-5-9(10)19-11(6)13(18)16-7(2)12(15)17/h3-5,7H,1-2H3,(H2,15,17)(H,16,18)/t7-/m1/s1. The maximum atomic E-state index is 13.7. The average Bonchev–Trinajstić information content (AvgIpc) is 2.68. The molecule has 1 atom stereocenters. The van der Waals surface area contributed by atoms with E-state index in [0.29, 0.717) is 20.5 Å². The van der Waals surface area contributed by atoms with Gasteiger partial charge in [-0.2, -0.15) is 0 Å². The number of nitrogens with one attached hydrogen (secondary N) is 1. The molecule has 4 nitrogen and oxygen atoms in total. The molecule has 2 aromatic rings. The summed E-state index contributed by atoms with van der Waals surface area (Å²) in [6.45, 7) is 3.19. The monoisotopic (exact) mass is 280 g/mol. The predicted molar refractivity (Wildman–Crippen MR) is 72.6 cm³/mol. The number of rotatable bonds is 3. The van der Waals surface area contributed by atoms with E-state index in [9.17, 15) is 14.0 Å². The lowest BCUT2D eigenvalue weighted by molar-refractivity contribution is -0.119. The van der Waals surface area contributed by atoms with Gasteiger partial charge in [0.2, 0.25) is 5.91 Å². The summed E-state index contributed by atoms with van der Waals surface area (Å²) in [5, 5.41) is 2.94. The van der Waals surface area contributed by atoms with Gasteiger partial charge >= 0.3 is 0 Å². The molecule has 0 bridgehead atoms. The molecule has 2 rings (SSSR count). The molecule has 0 unspecified atom stereocenters. The van der Waals surface area contributed by atoms with Gasteiger partial charge in [0.15, 0.2) is 0 Å². The summed E-state index contributed by atoms with van der Waals surface area (Å²) in [6, 6.07) is 3.95. The van der Waals surface area contributed by atoms with Crippen LogP contribution in [0.4, 0.5) is 4.39 Å². The minimum Gasteiger partial charge on any atom is -0.368 e. The lowest BCUT2D eigenvalue weighted by Crippen LogP contribution is -2.42. The van der Waals surface area contributed by atoms with Crippen LogP contribution in [0.5, 0.6) is 0 Å². The molecule has 1 heterocycles. The van der Waals surface area contributed by atoms with E-state index < -0.39 is 17.9 Å². The molecular formula is C13H13FN2O2S. The van der Waals surface area contributed by atoms with Crippen molar-refractivity contribution in [2.24, 2.45) is 5.73 Å². The fraction of sp³-hybridized carbons (Fsp3) is 0.231. The summed E-state index contributed by atoms with van der Waals surface area (Å²) < 4.78 is 14.4. The largest absolute Gasteiger partial charge is 0.368 e. The molecule has 0 saturated heterocycles. The highest BCUT2D eigenvalue weighted by Gasteiger charge is 2.20. The zero-order valence-corrected chi connectivity index (χ0v) is 11.3. The predicted octanol–water partition coefficient (Wildman–Crippen LogP) is 1.95. The van der Waals surface area contributed by atoms with Gasteiger partial charge in [0.25, 0.3) is 5.91 Å². The number of carbonyl (C=O) groups is 2. The molecule has 0 radical (unpaired) electrons. The summed E-state index contributed by atoms with van der Waals surface area (Å²) in [5.41, 5.74) is 5.67. The number of hydrogen-bond donors (Lipinski definition) is 2. The number of hydrogen-bond acceptors (Lipinski definition) is 3. The molecule has 100 valence electrons. The Morgan fingerprint density at radius 1 is 1.42 bits per heavy atom. The minimum absolute atomic E-state index is 0.353. The first-order valence-corrected chi connectivity index (χ1v) is 6.51. The highest BCUT2D eigenvalue weighted by molar-refractivity contribution is 7.21. The summed E-state index contributed by atoms with van der Waals surface area (Å²) >= 11 is 1.20. The minimum atomic E-state index is -0.762. The van der Waals surface area contributed by atoms with E-state index in [1.807, 2.05) is 0 Å². The zero-order chi connectivity index (χ0) is 14.2. The van der Waals surface area contributed by atoms with Gasteiger partial charge < -0.3 is 11.1 Å². The number of amides is 2. The van der Waals surface area contributed by atoms with Crippen molar-refractivity contribution in [3.05, 3.63) is 34.5 Å². The van der Waals surface area contributed by atoms with Crippen LogP contribution in [0.25, 0.3) is 10.1 Å². The Balaban J connectivity index is 2.41. The van der Waals surface area contributed by atoms with Gasteiger partial charge in [-0.05, 0) is 31.5 Å². The molecule has 3 N–H and O–H groups in total. The molecule has 2 amide bonds. The Morgan fingerprint density at radius 3 is 2.68 bits per heavy atom. The molecule has 0 aliphatic carbocycles. The maximum Gasteiger partial charge on any atom is 0.262 e. The van der Waals surface area contributed by atoms with Gasteiger partial charge in [-0.15, -0.1) is 11.3 Å². The first-order valence-electron chi connectivity index (χ1n) is 5.69. The van der Waals surface area contributed by atoms with Crippen LogP contribution in [0.2, 0.25) is 0 Å². The highest BCUT2D eigenvalue weighted by atomic mass is 32.1. The smallest absolute Gasteiger partial charge is 0.262 e.